The van der Waals surface area contributed by atoms with Crippen molar-refractivity contribution >= 4 is 15.7 Å². The highest BCUT2D eigenvalue weighted by Crippen LogP contribution is 2.23. The average molecular weight is 298 g/mol. The van der Waals surface area contributed by atoms with Crippen LogP contribution in [0.4, 0.5) is 5.69 Å². The van der Waals surface area contributed by atoms with Crippen molar-refractivity contribution in [1.29, 1.82) is 0 Å². The Hall–Kier alpha value is -2.13. The van der Waals surface area contributed by atoms with Crippen LogP contribution in [0.3, 0.4) is 0 Å². The lowest BCUT2D eigenvalue weighted by atomic mass is 10.3. The Bertz CT molecular complexity index is 670. The Labute approximate surface area is 116 Å². The molecule has 0 saturated heterocycles. The SMILES string of the molecule is COc1ccc(S(=O)(=O)NCCc2ncno2)c(N)c1. The summed E-state index contributed by atoms with van der Waals surface area (Å²) in [5.41, 5.74) is 5.83. The Morgan fingerprint density at radius 2 is 2.25 bits per heavy atom. The molecule has 0 aliphatic heterocycles. The van der Waals surface area contributed by atoms with Crippen molar-refractivity contribution in [3.63, 3.8) is 0 Å². The third-order valence-electron chi connectivity index (χ3n) is 2.54. The van der Waals surface area contributed by atoms with Crippen molar-refractivity contribution < 1.29 is 17.7 Å². The van der Waals surface area contributed by atoms with Gasteiger partial charge in [-0.05, 0) is 12.1 Å². The zero-order valence-corrected chi connectivity index (χ0v) is 11.6. The molecule has 0 unspecified atom stereocenters. The first-order chi connectivity index (χ1) is 9.53. The van der Waals surface area contributed by atoms with Crippen LogP contribution in [0, 0.1) is 0 Å². The molecule has 0 bridgehead atoms. The molecule has 2 aromatic rings. The summed E-state index contributed by atoms with van der Waals surface area (Å²) in [6.07, 6.45) is 1.56. The van der Waals surface area contributed by atoms with Gasteiger partial charge in [0.05, 0.1) is 12.8 Å². The molecule has 0 saturated carbocycles. The summed E-state index contributed by atoms with van der Waals surface area (Å²) in [6.45, 7) is 0.135. The number of nitrogen functional groups attached to an aromatic ring is 1. The van der Waals surface area contributed by atoms with Gasteiger partial charge in [0.15, 0.2) is 6.33 Å². The lowest BCUT2D eigenvalue weighted by molar-refractivity contribution is 0.377. The summed E-state index contributed by atoms with van der Waals surface area (Å²) in [4.78, 5) is 3.80. The molecule has 108 valence electrons. The van der Waals surface area contributed by atoms with Crippen LogP contribution < -0.4 is 15.2 Å². The van der Waals surface area contributed by atoms with E-state index in [0.717, 1.165) is 0 Å². The fourth-order valence-corrected chi connectivity index (χ4v) is 2.72. The molecule has 0 amide bonds. The van der Waals surface area contributed by atoms with E-state index in [1.807, 2.05) is 0 Å². The predicted molar refractivity (Wildman–Crippen MR) is 70.6 cm³/mol. The second-order valence-corrected chi connectivity index (χ2v) is 5.62. The van der Waals surface area contributed by atoms with Crippen LogP contribution in [0.5, 0.6) is 5.75 Å². The summed E-state index contributed by atoms with van der Waals surface area (Å²) in [5.74, 6) is 0.850. The number of hydrogen-bond donors (Lipinski definition) is 2. The lowest BCUT2D eigenvalue weighted by Gasteiger charge is -2.09. The molecular weight excluding hydrogens is 284 g/mol. The molecule has 1 aromatic heterocycles. The van der Waals surface area contributed by atoms with Crippen molar-refractivity contribution in [3.8, 4) is 5.75 Å². The van der Waals surface area contributed by atoms with Crippen LogP contribution in [-0.4, -0.2) is 32.2 Å². The van der Waals surface area contributed by atoms with Crippen LogP contribution in [0.25, 0.3) is 0 Å². The van der Waals surface area contributed by atoms with Crippen molar-refractivity contribution in [1.82, 2.24) is 14.9 Å². The fraction of sp³-hybridized carbons (Fsp3) is 0.273. The average Bonchev–Trinajstić information content (AvgIpc) is 2.91. The first kappa shape index (κ1) is 14.3. The number of benzene rings is 1. The highest BCUT2D eigenvalue weighted by Gasteiger charge is 2.17. The second-order valence-electron chi connectivity index (χ2n) is 3.89. The first-order valence-electron chi connectivity index (χ1n) is 5.71. The number of hydrogen-bond acceptors (Lipinski definition) is 7. The van der Waals surface area contributed by atoms with E-state index in [9.17, 15) is 8.42 Å². The van der Waals surface area contributed by atoms with Gasteiger partial charge < -0.3 is 15.0 Å². The summed E-state index contributed by atoms with van der Waals surface area (Å²) in [7, 11) is -2.21. The Balaban J connectivity index is 2.06. The standard InChI is InChI=1S/C11H14N4O4S/c1-18-8-2-3-10(9(12)6-8)20(16,17)15-5-4-11-13-7-14-19-11/h2-3,6-7,15H,4-5,12H2,1H3. The fourth-order valence-electron chi connectivity index (χ4n) is 1.57. The maximum absolute atomic E-state index is 12.1. The number of ether oxygens (including phenoxy) is 1. The van der Waals surface area contributed by atoms with Gasteiger partial charge in [-0.1, -0.05) is 5.16 Å². The van der Waals surface area contributed by atoms with E-state index in [0.29, 0.717) is 18.1 Å². The molecular formula is C11H14N4O4S. The van der Waals surface area contributed by atoms with E-state index in [1.165, 1.54) is 31.6 Å². The number of methoxy groups -OCH3 is 1. The molecule has 2 rings (SSSR count). The number of sulfonamides is 1. The van der Waals surface area contributed by atoms with Crippen molar-refractivity contribution in [2.24, 2.45) is 0 Å². The quantitative estimate of drug-likeness (QED) is 0.730. The molecule has 0 radical (unpaired) electrons. The summed E-state index contributed by atoms with van der Waals surface area (Å²) in [5, 5.41) is 3.43. The van der Waals surface area contributed by atoms with E-state index in [4.69, 9.17) is 15.0 Å². The van der Waals surface area contributed by atoms with Crippen LogP contribution in [0.15, 0.2) is 33.9 Å². The van der Waals surface area contributed by atoms with Crippen LogP contribution >= 0.6 is 0 Å². The topological polar surface area (TPSA) is 120 Å². The molecule has 20 heavy (non-hydrogen) atoms. The zero-order chi connectivity index (χ0) is 14.6. The monoisotopic (exact) mass is 298 g/mol. The van der Waals surface area contributed by atoms with Crippen molar-refractivity contribution in [2.45, 2.75) is 11.3 Å². The minimum atomic E-state index is -3.69. The summed E-state index contributed by atoms with van der Waals surface area (Å²) < 4.78 is 36.3. The Kier molecular flexibility index (Phi) is 4.20. The molecule has 8 nitrogen and oxygen atoms in total. The number of aromatic nitrogens is 2. The number of nitrogens with zero attached hydrogens (tertiary/aromatic N) is 2. The van der Waals surface area contributed by atoms with Gasteiger partial charge in [0.1, 0.15) is 10.6 Å². The van der Waals surface area contributed by atoms with Gasteiger partial charge in [-0.3, -0.25) is 0 Å². The van der Waals surface area contributed by atoms with E-state index in [2.05, 4.69) is 14.9 Å². The lowest BCUT2D eigenvalue weighted by Crippen LogP contribution is -2.26. The minimum Gasteiger partial charge on any atom is -0.497 e. The van der Waals surface area contributed by atoms with Gasteiger partial charge in [-0.2, -0.15) is 4.98 Å². The van der Waals surface area contributed by atoms with Crippen LogP contribution in [-0.2, 0) is 16.4 Å². The third-order valence-corrected chi connectivity index (χ3v) is 4.08. The molecule has 1 aromatic carbocycles. The maximum atomic E-state index is 12.1. The van der Waals surface area contributed by atoms with Gasteiger partial charge in [0, 0.05) is 19.0 Å². The summed E-state index contributed by atoms with van der Waals surface area (Å²) in [6, 6.07) is 4.37. The van der Waals surface area contributed by atoms with Crippen molar-refractivity contribution in [2.75, 3.05) is 19.4 Å². The van der Waals surface area contributed by atoms with E-state index < -0.39 is 10.0 Å². The van der Waals surface area contributed by atoms with Gasteiger partial charge >= 0.3 is 0 Å². The molecule has 1 heterocycles. The van der Waals surface area contributed by atoms with Gasteiger partial charge in [-0.25, -0.2) is 13.1 Å². The number of anilines is 1. The van der Waals surface area contributed by atoms with Gasteiger partial charge in [-0.15, -0.1) is 0 Å². The maximum Gasteiger partial charge on any atom is 0.242 e. The van der Waals surface area contributed by atoms with E-state index >= 15 is 0 Å². The minimum absolute atomic E-state index is 0.00355. The highest BCUT2D eigenvalue weighted by molar-refractivity contribution is 7.89. The predicted octanol–water partition coefficient (Wildman–Crippen LogP) is 0.181. The van der Waals surface area contributed by atoms with Gasteiger partial charge in [0.25, 0.3) is 0 Å². The largest absolute Gasteiger partial charge is 0.497 e. The van der Waals surface area contributed by atoms with Gasteiger partial charge in [0.2, 0.25) is 15.9 Å². The Morgan fingerprint density at radius 1 is 1.45 bits per heavy atom. The molecule has 0 aliphatic carbocycles. The zero-order valence-electron chi connectivity index (χ0n) is 10.7. The number of nitrogens with one attached hydrogen (secondary N) is 1. The molecule has 0 atom stereocenters. The molecule has 0 aliphatic rings. The number of rotatable bonds is 6. The van der Waals surface area contributed by atoms with Crippen LogP contribution in [0.2, 0.25) is 0 Å². The third kappa shape index (κ3) is 3.25. The number of nitrogens with two attached hydrogens (primary N) is 1. The summed E-state index contributed by atoms with van der Waals surface area (Å²) >= 11 is 0. The normalized spacial score (nSPS) is 11.4. The first-order valence-corrected chi connectivity index (χ1v) is 7.20. The highest BCUT2D eigenvalue weighted by atomic mass is 32.2. The molecule has 0 spiro atoms. The Morgan fingerprint density at radius 3 is 2.85 bits per heavy atom. The molecule has 3 N–H and O–H groups in total. The molecule has 0 fully saturated rings. The van der Waals surface area contributed by atoms with E-state index in [1.54, 1.807) is 0 Å². The smallest absolute Gasteiger partial charge is 0.242 e. The van der Waals surface area contributed by atoms with E-state index in [-0.39, 0.29) is 17.1 Å². The van der Waals surface area contributed by atoms with Crippen LogP contribution in [0.1, 0.15) is 5.89 Å². The van der Waals surface area contributed by atoms with Crippen molar-refractivity contribution in [3.05, 3.63) is 30.4 Å². The molecule has 9 heteroatoms. The second kappa shape index (κ2) is 5.88.